The Hall–Kier alpha value is 0.290. The predicted octanol–water partition coefficient (Wildman–Crippen LogP) is 10.7. The SMILES string of the molecule is CCCCCCCCC(C)(CCCCCCCC)CCCCCCCC.Cl. The smallest absolute Gasteiger partial charge is 0.0326 e. The molecule has 0 fully saturated rings. The third-order valence-corrected chi connectivity index (χ3v) is 6.40. The summed E-state index contributed by atoms with van der Waals surface area (Å²) in [6.45, 7) is 9.57. The van der Waals surface area contributed by atoms with Gasteiger partial charge in [0.05, 0.1) is 0 Å². The lowest BCUT2D eigenvalue weighted by Gasteiger charge is -2.30. The molecule has 0 spiro atoms. The summed E-state index contributed by atoms with van der Waals surface area (Å²) in [6.07, 6.45) is 30.5. The van der Waals surface area contributed by atoms with Crippen molar-refractivity contribution in [2.75, 3.05) is 0 Å². The molecule has 27 heavy (non-hydrogen) atoms. The molecule has 0 bridgehead atoms. The van der Waals surface area contributed by atoms with Crippen molar-refractivity contribution in [1.29, 1.82) is 0 Å². The van der Waals surface area contributed by atoms with Crippen molar-refractivity contribution in [2.24, 2.45) is 5.41 Å². The van der Waals surface area contributed by atoms with Crippen LogP contribution in [0.1, 0.15) is 163 Å². The first-order valence-corrected chi connectivity index (χ1v) is 12.7. The minimum absolute atomic E-state index is 0. The molecule has 0 aliphatic carbocycles. The fraction of sp³-hybridized carbons (Fsp3) is 1.00. The maximum absolute atomic E-state index is 2.62. The largest absolute Gasteiger partial charge is 0.147 e. The fourth-order valence-electron chi connectivity index (χ4n) is 4.37. The first-order valence-electron chi connectivity index (χ1n) is 12.7. The van der Waals surface area contributed by atoms with Crippen LogP contribution >= 0.6 is 12.4 Å². The maximum Gasteiger partial charge on any atom is -0.0326 e. The molecule has 0 radical (unpaired) electrons. The summed E-state index contributed by atoms with van der Waals surface area (Å²) < 4.78 is 0. The zero-order valence-electron chi connectivity index (χ0n) is 19.8. The molecule has 166 valence electrons. The Balaban J connectivity index is 0. The van der Waals surface area contributed by atoms with E-state index in [-0.39, 0.29) is 12.4 Å². The average molecular weight is 403 g/mol. The van der Waals surface area contributed by atoms with E-state index in [4.69, 9.17) is 0 Å². The van der Waals surface area contributed by atoms with Gasteiger partial charge in [0.15, 0.2) is 0 Å². The summed E-state index contributed by atoms with van der Waals surface area (Å²) in [5.74, 6) is 0. The lowest BCUT2D eigenvalue weighted by atomic mass is 9.75. The Morgan fingerprint density at radius 1 is 0.370 bits per heavy atom. The summed E-state index contributed by atoms with van der Waals surface area (Å²) in [6, 6.07) is 0. The Morgan fingerprint density at radius 2 is 0.593 bits per heavy atom. The Kier molecular flexibility index (Phi) is 24.7. The van der Waals surface area contributed by atoms with E-state index < -0.39 is 0 Å². The van der Waals surface area contributed by atoms with Gasteiger partial charge in [0.25, 0.3) is 0 Å². The van der Waals surface area contributed by atoms with Crippen LogP contribution in [0.3, 0.4) is 0 Å². The van der Waals surface area contributed by atoms with Gasteiger partial charge in [0, 0.05) is 0 Å². The molecule has 0 heterocycles. The van der Waals surface area contributed by atoms with Gasteiger partial charge >= 0.3 is 0 Å². The molecule has 0 aliphatic heterocycles. The normalized spacial score (nSPS) is 11.6. The molecule has 0 rings (SSSR count). The van der Waals surface area contributed by atoms with Crippen molar-refractivity contribution < 1.29 is 0 Å². The highest BCUT2D eigenvalue weighted by Crippen LogP contribution is 2.36. The van der Waals surface area contributed by atoms with Gasteiger partial charge in [0.2, 0.25) is 0 Å². The van der Waals surface area contributed by atoms with Crippen molar-refractivity contribution in [3.63, 3.8) is 0 Å². The molecule has 0 saturated carbocycles. The van der Waals surface area contributed by atoms with Crippen molar-refractivity contribution in [2.45, 2.75) is 163 Å². The standard InChI is InChI=1S/C26H54.ClH/c1-5-8-11-14-17-20-23-26(4,24-21-18-15-12-9-6-2)25-22-19-16-13-10-7-3;/h5-25H2,1-4H3;1H. The van der Waals surface area contributed by atoms with Gasteiger partial charge in [-0.3, -0.25) is 0 Å². The highest BCUT2D eigenvalue weighted by molar-refractivity contribution is 5.85. The van der Waals surface area contributed by atoms with Gasteiger partial charge in [-0.05, 0) is 24.7 Å². The lowest BCUT2D eigenvalue weighted by molar-refractivity contribution is 0.222. The monoisotopic (exact) mass is 402 g/mol. The summed E-state index contributed by atoms with van der Waals surface area (Å²) in [7, 11) is 0. The third-order valence-electron chi connectivity index (χ3n) is 6.40. The third kappa shape index (κ3) is 20.8. The van der Waals surface area contributed by atoms with Gasteiger partial charge in [-0.1, -0.05) is 143 Å². The minimum atomic E-state index is 0. The summed E-state index contributed by atoms with van der Waals surface area (Å²) in [5, 5.41) is 0. The number of unbranched alkanes of at least 4 members (excludes halogenated alkanes) is 15. The molecular formula is C26H55Cl. The molecule has 0 aromatic carbocycles. The van der Waals surface area contributed by atoms with Crippen LogP contribution < -0.4 is 0 Å². The highest BCUT2D eigenvalue weighted by Gasteiger charge is 2.22. The lowest BCUT2D eigenvalue weighted by Crippen LogP contribution is -2.16. The van der Waals surface area contributed by atoms with Crippen LogP contribution in [0.2, 0.25) is 0 Å². The molecule has 0 aromatic heterocycles. The molecule has 0 nitrogen and oxygen atoms in total. The molecule has 0 N–H and O–H groups in total. The predicted molar refractivity (Wildman–Crippen MR) is 129 cm³/mol. The minimum Gasteiger partial charge on any atom is -0.147 e. The Morgan fingerprint density at radius 3 is 0.852 bits per heavy atom. The molecule has 0 aliphatic rings. The van der Waals surface area contributed by atoms with Crippen LogP contribution in [-0.4, -0.2) is 0 Å². The topological polar surface area (TPSA) is 0 Å². The second-order valence-electron chi connectivity index (χ2n) is 9.36. The molecule has 0 unspecified atom stereocenters. The van der Waals surface area contributed by atoms with E-state index in [0.29, 0.717) is 5.41 Å². The van der Waals surface area contributed by atoms with Gasteiger partial charge in [-0.2, -0.15) is 0 Å². The van der Waals surface area contributed by atoms with Crippen molar-refractivity contribution in [1.82, 2.24) is 0 Å². The number of hydrogen-bond donors (Lipinski definition) is 0. The van der Waals surface area contributed by atoms with Crippen LogP contribution in [0, 0.1) is 5.41 Å². The van der Waals surface area contributed by atoms with E-state index in [0.717, 1.165) is 0 Å². The fourth-order valence-corrected chi connectivity index (χ4v) is 4.37. The summed E-state index contributed by atoms with van der Waals surface area (Å²) in [4.78, 5) is 0. The number of halogens is 1. The zero-order valence-corrected chi connectivity index (χ0v) is 20.6. The van der Waals surface area contributed by atoms with Crippen LogP contribution in [0.25, 0.3) is 0 Å². The molecular weight excluding hydrogens is 348 g/mol. The Labute approximate surface area is 180 Å². The van der Waals surface area contributed by atoms with E-state index >= 15 is 0 Å². The van der Waals surface area contributed by atoms with Crippen LogP contribution in [-0.2, 0) is 0 Å². The van der Waals surface area contributed by atoms with E-state index in [9.17, 15) is 0 Å². The van der Waals surface area contributed by atoms with Crippen molar-refractivity contribution in [3.8, 4) is 0 Å². The van der Waals surface area contributed by atoms with Crippen molar-refractivity contribution >= 4 is 12.4 Å². The summed E-state index contributed by atoms with van der Waals surface area (Å²) >= 11 is 0. The highest BCUT2D eigenvalue weighted by atomic mass is 35.5. The number of hydrogen-bond acceptors (Lipinski definition) is 0. The summed E-state index contributed by atoms with van der Waals surface area (Å²) in [5.41, 5.74) is 0.639. The zero-order chi connectivity index (χ0) is 19.3. The maximum atomic E-state index is 2.62. The molecule has 0 aromatic rings. The van der Waals surface area contributed by atoms with Crippen LogP contribution in [0.4, 0.5) is 0 Å². The molecule has 0 atom stereocenters. The van der Waals surface area contributed by atoms with E-state index in [2.05, 4.69) is 27.7 Å². The molecule has 0 amide bonds. The van der Waals surface area contributed by atoms with Gasteiger partial charge in [-0.25, -0.2) is 0 Å². The van der Waals surface area contributed by atoms with Crippen molar-refractivity contribution in [3.05, 3.63) is 0 Å². The van der Waals surface area contributed by atoms with Gasteiger partial charge < -0.3 is 0 Å². The van der Waals surface area contributed by atoms with E-state index in [1.54, 1.807) is 0 Å². The number of rotatable bonds is 21. The van der Waals surface area contributed by atoms with E-state index in [1.165, 1.54) is 135 Å². The average Bonchev–Trinajstić information content (AvgIpc) is 2.64. The van der Waals surface area contributed by atoms with Crippen LogP contribution in [0.15, 0.2) is 0 Å². The first-order chi connectivity index (χ1) is 12.7. The molecule has 0 saturated heterocycles. The Bertz CT molecular complexity index is 220. The first kappa shape index (κ1) is 29.5. The van der Waals surface area contributed by atoms with E-state index in [1.807, 2.05) is 0 Å². The van der Waals surface area contributed by atoms with Crippen LogP contribution in [0.5, 0.6) is 0 Å². The molecule has 1 heteroatoms. The second-order valence-corrected chi connectivity index (χ2v) is 9.36. The second kappa shape index (κ2) is 22.6. The van der Waals surface area contributed by atoms with Gasteiger partial charge in [-0.15, -0.1) is 12.4 Å². The van der Waals surface area contributed by atoms with Gasteiger partial charge in [0.1, 0.15) is 0 Å². The quantitative estimate of drug-likeness (QED) is 0.167.